The summed E-state index contributed by atoms with van der Waals surface area (Å²) in [5.41, 5.74) is 0. The predicted octanol–water partition coefficient (Wildman–Crippen LogP) is 0.136. The van der Waals surface area contributed by atoms with Gasteiger partial charge in [-0.1, -0.05) is 0 Å². The van der Waals surface area contributed by atoms with Crippen LogP contribution in [0.15, 0.2) is 0 Å². The van der Waals surface area contributed by atoms with Crippen LogP contribution in [0.25, 0.3) is 0 Å². The molecule has 0 aliphatic heterocycles. The first-order valence-electron chi connectivity index (χ1n) is 2.82. The van der Waals surface area contributed by atoms with Gasteiger partial charge in [-0.2, -0.15) is 0 Å². The minimum Gasteiger partial charge on any atom is -0.465 e. The summed E-state index contributed by atoms with van der Waals surface area (Å²) in [6.07, 6.45) is 0. The van der Waals surface area contributed by atoms with Crippen LogP contribution in [-0.2, 0) is 9.53 Å². The monoisotopic (exact) mass is 131 g/mol. The highest BCUT2D eigenvalue weighted by Crippen LogP contribution is 1.97. The van der Waals surface area contributed by atoms with Crippen molar-refractivity contribution in [3.05, 3.63) is 5.92 Å². The third kappa shape index (κ3) is 3.08. The fraction of sp³-hybridized carbons (Fsp3) is 0.667. The fourth-order valence-electron chi connectivity index (χ4n) is 0.319. The molecule has 0 saturated carbocycles. The first-order chi connectivity index (χ1) is 4.22. The number of aliphatic hydroxyl groups is 1. The van der Waals surface area contributed by atoms with Gasteiger partial charge in [0.25, 0.3) is 0 Å². The molecular weight excluding hydrogens is 120 g/mol. The summed E-state index contributed by atoms with van der Waals surface area (Å²) in [4.78, 5) is 10.6. The lowest BCUT2D eigenvalue weighted by Crippen LogP contribution is -2.15. The lowest BCUT2D eigenvalue weighted by Gasteiger charge is -2.04. The van der Waals surface area contributed by atoms with E-state index in [9.17, 15) is 4.79 Å². The zero-order valence-electron chi connectivity index (χ0n) is 5.68. The Labute approximate surface area is 54.6 Å². The van der Waals surface area contributed by atoms with E-state index in [4.69, 9.17) is 5.11 Å². The number of hydrogen-bond acceptors (Lipinski definition) is 3. The van der Waals surface area contributed by atoms with Gasteiger partial charge < -0.3 is 9.84 Å². The molecule has 0 amide bonds. The van der Waals surface area contributed by atoms with Crippen molar-refractivity contribution >= 4 is 5.97 Å². The van der Waals surface area contributed by atoms with Crippen molar-refractivity contribution in [2.75, 3.05) is 13.2 Å². The van der Waals surface area contributed by atoms with Crippen LogP contribution < -0.4 is 0 Å². The molecule has 0 fully saturated rings. The van der Waals surface area contributed by atoms with Gasteiger partial charge in [-0.15, -0.1) is 0 Å². The maximum absolute atomic E-state index is 10.6. The molecule has 0 atom stereocenters. The third-order valence-electron chi connectivity index (χ3n) is 0.861. The number of ether oxygens (including phenoxy) is 1. The fourth-order valence-corrected chi connectivity index (χ4v) is 0.319. The first kappa shape index (κ1) is 8.43. The Morgan fingerprint density at radius 2 is 2.22 bits per heavy atom. The van der Waals surface area contributed by atoms with Gasteiger partial charge in [-0.25, -0.2) is 0 Å². The molecular formula is C6H11O3. The Bertz CT molecular complexity index is 90.3. The number of esters is 1. The van der Waals surface area contributed by atoms with E-state index < -0.39 is 5.97 Å². The molecule has 9 heavy (non-hydrogen) atoms. The molecule has 1 radical (unpaired) electrons. The topological polar surface area (TPSA) is 46.5 Å². The molecule has 0 aromatic heterocycles. The quantitative estimate of drug-likeness (QED) is 0.554. The molecule has 3 nitrogen and oxygen atoms in total. The molecule has 0 aliphatic carbocycles. The highest BCUT2D eigenvalue weighted by molar-refractivity contribution is 5.84. The van der Waals surface area contributed by atoms with E-state index in [1.807, 2.05) is 0 Å². The van der Waals surface area contributed by atoms with Crippen LogP contribution in [0.5, 0.6) is 0 Å². The van der Waals surface area contributed by atoms with Crippen LogP contribution in [0.4, 0.5) is 0 Å². The molecule has 1 N–H and O–H groups in total. The van der Waals surface area contributed by atoms with Gasteiger partial charge in [0, 0.05) is 0 Å². The normalized spacial score (nSPS) is 9.78. The van der Waals surface area contributed by atoms with Gasteiger partial charge in [0.2, 0.25) is 0 Å². The smallest absolute Gasteiger partial charge is 0.315 e. The zero-order valence-corrected chi connectivity index (χ0v) is 5.68. The number of carbonyl (C=O) groups excluding carboxylic acids is 1. The molecule has 53 valence electrons. The summed E-state index contributed by atoms with van der Waals surface area (Å²) in [7, 11) is 0. The van der Waals surface area contributed by atoms with Crippen molar-refractivity contribution in [3.63, 3.8) is 0 Å². The Morgan fingerprint density at radius 3 is 2.56 bits per heavy atom. The van der Waals surface area contributed by atoms with E-state index in [0.717, 1.165) is 0 Å². The maximum atomic E-state index is 10.6. The molecule has 0 aromatic rings. The van der Waals surface area contributed by atoms with E-state index in [1.165, 1.54) is 6.92 Å². The van der Waals surface area contributed by atoms with Crippen molar-refractivity contribution < 1.29 is 14.6 Å². The molecule has 0 aromatic carbocycles. The first-order valence-corrected chi connectivity index (χ1v) is 2.82. The molecule has 0 rings (SSSR count). The van der Waals surface area contributed by atoms with E-state index in [1.54, 1.807) is 6.92 Å². The molecule has 3 heteroatoms. The molecule has 0 saturated heterocycles. The lowest BCUT2D eigenvalue weighted by molar-refractivity contribution is -0.141. The molecule has 0 aliphatic rings. The zero-order chi connectivity index (χ0) is 7.28. The number of rotatable bonds is 3. The average Bonchev–Trinajstić information content (AvgIpc) is 1.87. The second-order valence-electron chi connectivity index (χ2n) is 1.66. The Hall–Kier alpha value is -0.570. The lowest BCUT2D eigenvalue weighted by atomic mass is 10.2. The van der Waals surface area contributed by atoms with Crippen LogP contribution in [0.2, 0.25) is 0 Å². The van der Waals surface area contributed by atoms with Gasteiger partial charge in [-0.05, 0) is 13.8 Å². The Balaban J connectivity index is 3.46. The minimum atomic E-state index is -0.417. The number of carbonyl (C=O) groups is 1. The van der Waals surface area contributed by atoms with Crippen molar-refractivity contribution in [1.29, 1.82) is 0 Å². The summed E-state index contributed by atoms with van der Waals surface area (Å²) in [5.74, 6) is -0.0724. The van der Waals surface area contributed by atoms with E-state index in [0.29, 0.717) is 12.5 Å². The predicted molar refractivity (Wildman–Crippen MR) is 32.6 cm³/mol. The standard InChI is InChI=1S/C6H11O3/c1-3-9-6(8)5(2)4-7/h7H,3-4H2,1-2H3. The van der Waals surface area contributed by atoms with Crippen molar-refractivity contribution in [2.45, 2.75) is 13.8 Å². The van der Waals surface area contributed by atoms with Crippen LogP contribution >= 0.6 is 0 Å². The van der Waals surface area contributed by atoms with E-state index in [2.05, 4.69) is 4.74 Å². The molecule has 0 bridgehead atoms. The Kier molecular flexibility index (Phi) is 4.05. The Morgan fingerprint density at radius 1 is 1.67 bits per heavy atom. The van der Waals surface area contributed by atoms with E-state index >= 15 is 0 Å². The van der Waals surface area contributed by atoms with Crippen LogP contribution in [0.3, 0.4) is 0 Å². The number of aliphatic hydroxyl groups excluding tert-OH is 1. The van der Waals surface area contributed by atoms with Gasteiger partial charge in [0.1, 0.15) is 5.92 Å². The molecule has 0 heterocycles. The summed E-state index contributed by atoms with van der Waals surface area (Å²) in [6, 6.07) is 0. The average molecular weight is 131 g/mol. The summed E-state index contributed by atoms with van der Waals surface area (Å²) >= 11 is 0. The van der Waals surface area contributed by atoms with Crippen molar-refractivity contribution in [2.24, 2.45) is 0 Å². The SMILES string of the molecule is CCOC(=O)[C](C)CO. The van der Waals surface area contributed by atoms with Crippen LogP contribution in [0.1, 0.15) is 13.8 Å². The second kappa shape index (κ2) is 4.32. The van der Waals surface area contributed by atoms with Crippen molar-refractivity contribution in [1.82, 2.24) is 0 Å². The number of hydrogen-bond donors (Lipinski definition) is 1. The largest absolute Gasteiger partial charge is 0.465 e. The van der Waals surface area contributed by atoms with Crippen LogP contribution in [-0.4, -0.2) is 24.3 Å². The molecule has 0 spiro atoms. The summed E-state index contributed by atoms with van der Waals surface area (Å²) in [6.45, 7) is 3.40. The molecule has 0 unspecified atom stereocenters. The maximum Gasteiger partial charge on any atom is 0.315 e. The summed E-state index contributed by atoms with van der Waals surface area (Å²) < 4.78 is 4.56. The van der Waals surface area contributed by atoms with E-state index in [-0.39, 0.29) is 6.61 Å². The van der Waals surface area contributed by atoms with Crippen LogP contribution in [0, 0.1) is 5.92 Å². The van der Waals surface area contributed by atoms with Crippen molar-refractivity contribution in [3.8, 4) is 0 Å². The third-order valence-corrected chi connectivity index (χ3v) is 0.861. The van der Waals surface area contributed by atoms with Gasteiger partial charge in [0.05, 0.1) is 13.2 Å². The highest BCUT2D eigenvalue weighted by Gasteiger charge is 2.12. The second-order valence-corrected chi connectivity index (χ2v) is 1.66. The summed E-state index contributed by atoms with van der Waals surface area (Å²) in [5, 5.41) is 8.39. The minimum absolute atomic E-state index is 0.223. The van der Waals surface area contributed by atoms with Gasteiger partial charge in [0.15, 0.2) is 0 Å². The van der Waals surface area contributed by atoms with Gasteiger partial charge in [-0.3, -0.25) is 4.79 Å². The highest BCUT2D eigenvalue weighted by atomic mass is 16.5. The van der Waals surface area contributed by atoms with Gasteiger partial charge >= 0.3 is 5.97 Å².